The van der Waals surface area contributed by atoms with Gasteiger partial charge in [0.25, 0.3) is 5.91 Å². The van der Waals surface area contributed by atoms with Gasteiger partial charge in [0.05, 0.1) is 12.6 Å². The number of benzene rings is 2. The third-order valence-corrected chi connectivity index (χ3v) is 5.30. The minimum Gasteiger partial charge on any atom is -0.508 e. The molecule has 9 heteroatoms. The molecule has 0 aliphatic heterocycles. The van der Waals surface area contributed by atoms with Gasteiger partial charge in [0, 0.05) is 24.0 Å². The van der Waals surface area contributed by atoms with Crippen LogP contribution < -0.4 is 22.1 Å². The maximum atomic E-state index is 12.5. The number of unbranched alkanes of at least 4 members (excludes halogenated alkanes) is 1. The molecule has 0 spiro atoms. The molecular weight excluding hydrogens is 422 g/mol. The standard InChI is InChI=1S/C24H29N5O4/c25-19(13-16-7-9-18(30)10-8-16)23(32)27-11-3-4-12-29-20-6-2-1-5-17(20)14-21(29)24(33)28-15-22(26)31/h1-2,5-10,14,19,30H,3-4,11-13,15,25H2,(H2,26,31)(H,27,32)(H,28,33). The number of nitrogens with one attached hydrogen (secondary N) is 2. The van der Waals surface area contributed by atoms with Crippen molar-refractivity contribution in [3.8, 4) is 5.75 Å². The summed E-state index contributed by atoms with van der Waals surface area (Å²) in [6.45, 7) is 0.809. The number of carbonyl (C=O) groups is 3. The van der Waals surface area contributed by atoms with Crippen molar-refractivity contribution in [2.45, 2.75) is 31.8 Å². The molecule has 174 valence electrons. The Balaban J connectivity index is 1.51. The summed E-state index contributed by atoms with van der Waals surface area (Å²) in [5, 5.41) is 15.6. The van der Waals surface area contributed by atoms with Crippen molar-refractivity contribution in [1.29, 1.82) is 0 Å². The van der Waals surface area contributed by atoms with Gasteiger partial charge in [-0.25, -0.2) is 0 Å². The minimum atomic E-state index is -0.677. The van der Waals surface area contributed by atoms with Crippen LogP contribution in [0.3, 0.4) is 0 Å². The number of primary amides is 1. The SMILES string of the molecule is NC(=O)CNC(=O)c1cc2ccccc2n1CCCCNC(=O)C(N)Cc1ccc(O)cc1. The molecule has 0 bridgehead atoms. The van der Waals surface area contributed by atoms with E-state index in [0.29, 0.717) is 31.6 Å². The molecule has 1 aromatic heterocycles. The summed E-state index contributed by atoms with van der Waals surface area (Å²) in [5.41, 5.74) is 13.4. The highest BCUT2D eigenvalue weighted by atomic mass is 16.3. The van der Waals surface area contributed by atoms with Gasteiger partial charge in [0.2, 0.25) is 11.8 Å². The van der Waals surface area contributed by atoms with E-state index in [1.54, 1.807) is 30.3 Å². The fourth-order valence-corrected chi connectivity index (χ4v) is 3.61. The summed E-state index contributed by atoms with van der Waals surface area (Å²) in [4.78, 5) is 35.8. The molecule has 1 heterocycles. The number of hydrogen-bond donors (Lipinski definition) is 5. The third-order valence-electron chi connectivity index (χ3n) is 5.30. The number of aryl methyl sites for hydroxylation is 1. The quantitative estimate of drug-likeness (QED) is 0.276. The smallest absolute Gasteiger partial charge is 0.268 e. The fraction of sp³-hybridized carbons (Fsp3) is 0.292. The molecule has 0 aliphatic carbocycles. The predicted molar refractivity (Wildman–Crippen MR) is 125 cm³/mol. The second-order valence-corrected chi connectivity index (χ2v) is 7.86. The molecule has 0 saturated carbocycles. The van der Waals surface area contributed by atoms with E-state index in [0.717, 1.165) is 22.9 Å². The lowest BCUT2D eigenvalue weighted by Crippen LogP contribution is -2.42. The number of aromatic nitrogens is 1. The van der Waals surface area contributed by atoms with Crippen LogP contribution in [0.2, 0.25) is 0 Å². The van der Waals surface area contributed by atoms with E-state index >= 15 is 0 Å². The van der Waals surface area contributed by atoms with Crippen molar-refractivity contribution in [3.05, 3.63) is 65.9 Å². The number of nitrogens with two attached hydrogens (primary N) is 2. The largest absolute Gasteiger partial charge is 0.508 e. The van der Waals surface area contributed by atoms with Gasteiger partial charge < -0.3 is 31.8 Å². The summed E-state index contributed by atoms with van der Waals surface area (Å²) in [6, 6.07) is 15.4. The van der Waals surface area contributed by atoms with Crippen molar-refractivity contribution in [3.63, 3.8) is 0 Å². The van der Waals surface area contributed by atoms with E-state index < -0.39 is 11.9 Å². The molecule has 7 N–H and O–H groups in total. The number of para-hydroxylation sites is 1. The first-order valence-electron chi connectivity index (χ1n) is 10.8. The Kier molecular flexibility index (Phi) is 8.04. The lowest BCUT2D eigenvalue weighted by Gasteiger charge is -2.13. The second kappa shape index (κ2) is 11.1. The molecule has 9 nitrogen and oxygen atoms in total. The number of hydrogen-bond acceptors (Lipinski definition) is 5. The second-order valence-electron chi connectivity index (χ2n) is 7.86. The van der Waals surface area contributed by atoms with Gasteiger partial charge in [0.1, 0.15) is 11.4 Å². The lowest BCUT2D eigenvalue weighted by molar-refractivity contribution is -0.122. The Hall–Kier alpha value is -3.85. The van der Waals surface area contributed by atoms with E-state index in [1.165, 1.54) is 0 Å². The van der Waals surface area contributed by atoms with E-state index in [1.807, 2.05) is 28.8 Å². The Morgan fingerprint density at radius 3 is 2.45 bits per heavy atom. The lowest BCUT2D eigenvalue weighted by atomic mass is 10.1. The molecule has 0 saturated heterocycles. The highest BCUT2D eigenvalue weighted by Crippen LogP contribution is 2.20. The third kappa shape index (κ3) is 6.56. The molecular formula is C24H29N5O4. The van der Waals surface area contributed by atoms with Gasteiger partial charge in [-0.2, -0.15) is 0 Å². The van der Waals surface area contributed by atoms with Gasteiger partial charge in [-0.1, -0.05) is 30.3 Å². The van der Waals surface area contributed by atoms with Gasteiger partial charge in [0.15, 0.2) is 0 Å². The number of rotatable bonds is 11. The average Bonchev–Trinajstić information content (AvgIpc) is 3.17. The van der Waals surface area contributed by atoms with E-state index in [-0.39, 0.29) is 24.1 Å². The monoisotopic (exact) mass is 451 g/mol. The average molecular weight is 452 g/mol. The van der Waals surface area contributed by atoms with Crippen LogP contribution in [0.25, 0.3) is 10.9 Å². The Labute approximate surface area is 191 Å². The highest BCUT2D eigenvalue weighted by Gasteiger charge is 2.16. The molecule has 1 atom stereocenters. The zero-order chi connectivity index (χ0) is 23.8. The number of phenols is 1. The molecule has 0 fully saturated rings. The van der Waals surface area contributed by atoms with E-state index in [2.05, 4.69) is 10.6 Å². The molecule has 0 aliphatic rings. The normalized spacial score (nSPS) is 11.8. The summed E-state index contributed by atoms with van der Waals surface area (Å²) >= 11 is 0. The Morgan fingerprint density at radius 1 is 1.00 bits per heavy atom. The number of fused-ring (bicyclic) bond motifs is 1. The summed E-state index contributed by atoms with van der Waals surface area (Å²) in [5.74, 6) is -1.04. The first kappa shape index (κ1) is 23.8. The maximum Gasteiger partial charge on any atom is 0.268 e. The number of phenolic OH excluding ortho intramolecular Hbond substituents is 1. The number of aromatic hydroxyl groups is 1. The van der Waals surface area contributed by atoms with Crippen LogP contribution in [-0.4, -0.2) is 46.5 Å². The van der Waals surface area contributed by atoms with Gasteiger partial charge >= 0.3 is 0 Å². The van der Waals surface area contributed by atoms with Crippen LogP contribution in [0.15, 0.2) is 54.6 Å². The van der Waals surface area contributed by atoms with Gasteiger partial charge in [-0.3, -0.25) is 14.4 Å². The number of carbonyl (C=O) groups excluding carboxylic acids is 3. The van der Waals surface area contributed by atoms with Crippen LogP contribution in [0.4, 0.5) is 0 Å². The number of amides is 3. The number of nitrogens with zero attached hydrogens (tertiary/aromatic N) is 1. The van der Waals surface area contributed by atoms with Crippen LogP contribution in [-0.2, 0) is 22.6 Å². The molecule has 0 radical (unpaired) electrons. The zero-order valence-electron chi connectivity index (χ0n) is 18.3. The Morgan fingerprint density at radius 2 is 1.73 bits per heavy atom. The fourth-order valence-electron chi connectivity index (χ4n) is 3.61. The van der Waals surface area contributed by atoms with Crippen LogP contribution in [0, 0.1) is 0 Å². The zero-order valence-corrected chi connectivity index (χ0v) is 18.3. The summed E-state index contributed by atoms with van der Waals surface area (Å²) in [6.07, 6.45) is 1.81. The first-order chi connectivity index (χ1) is 15.8. The van der Waals surface area contributed by atoms with Gasteiger partial charge in [-0.15, -0.1) is 0 Å². The molecule has 2 aromatic carbocycles. The highest BCUT2D eigenvalue weighted by molar-refractivity contribution is 6.00. The predicted octanol–water partition coefficient (Wildman–Crippen LogP) is 1.03. The topological polar surface area (TPSA) is 152 Å². The van der Waals surface area contributed by atoms with Crippen molar-refractivity contribution in [2.24, 2.45) is 11.5 Å². The summed E-state index contributed by atoms with van der Waals surface area (Å²) < 4.78 is 1.91. The van der Waals surface area contributed by atoms with Crippen molar-refractivity contribution in [2.75, 3.05) is 13.1 Å². The summed E-state index contributed by atoms with van der Waals surface area (Å²) in [7, 11) is 0. The van der Waals surface area contributed by atoms with E-state index in [4.69, 9.17) is 11.5 Å². The molecule has 33 heavy (non-hydrogen) atoms. The molecule has 1 unspecified atom stereocenters. The van der Waals surface area contributed by atoms with Crippen LogP contribution in [0.5, 0.6) is 5.75 Å². The first-order valence-corrected chi connectivity index (χ1v) is 10.8. The van der Waals surface area contributed by atoms with Crippen LogP contribution in [0.1, 0.15) is 28.9 Å². The molecule has 3 aromatic rings. The molecule has 3 rings (SSSR count). The molecule has 3 amide bonds. The van der Waals surface area contributed by atoms with Crippen molar-refractivity contribution in [1.82, 2.24) is 15.2 Å². The van der Waals surface area contributed by atoms with Crippen molar-refractivity contribution < 1.29 is 19.5 Å². The maximum absolute atomic E-state index is 12.5. The van der Waals surface area contributed by atoms with Crippen molar-refractivity contribution >= 4 is 28.6 Å². The Bertz CT molecular complexity index is 1120. The van der Waals surface area contributed by atoms with Crippen LogP contribution >= 0.6 is 0 Å². The van der Waals surface area contributed by atoms with E-state index in [9.17, 15) is 19.5 Å². The van der Waals surface area contributed by atoms with Gasteiger partial charge in [-0.05, 0) is 49.1 Å². The minimum absolute atomic E-state index is 0.167.